The average Bonchev–Trinajstić information content (AvgIpc) is 2.63. The molecule has 0 fully saturated rings. The Kier molecular flexibility index (Phi) is 5.80. The van der Waals surface area contributed by atoms with Gasteiger partial charge >= 0.3 is 0 Å². The minimum absolute atomic E-state index is 0.0519. The molecule has 0 aliphatic rings. The molecule has 0 unspecified atom stereocenters. The Morgan fingerprint density at radius 2 is 2.25 bits per heavy atom. The number of hydrogen-bond donors (Lipinski definition) is 2. The van der Waals surface area contributed by atoms with Gasteiger partial charge in [-0.2, -0.15) is 0 Å². The largest absolute Gasteiger partial charge is 0.355 e. The molecule has 2 N–H and O–H groups in total. The van der Waals surface area contributed by atoms with Gasteiger partial charge in [-0.1, -0.05) is 25.4 Å². The Balaban J connectivity index is 2.06. The van der Waals surface area contributed by atoms with Crippen LogP contribution in [0.5, 0.6) is 0 Å². The highest BCUT2D eigenvalue weighted by Gasteiger charge is 2.04. The van der Waals surface area contributed by atoms with E-state index >= 15 is 0 Å². The highest BCUT2D eigenvalue weighted by atomic mass is 35.5. The van der Waals surface area contributed by atoms with Gasteiger partial charge in [-0.15, -0.1) is 11.3 Å². The van der Waals surface area contributed by atoms with E-state index < -0.39 is 0 Å². The first kappa shape index (κ1) is 13.5. The van der Waals surface area contributed by atoms with Crippen LogP contribution in [0.4, 0.5) is 0 Å². The number of nitrogens with one attached hydrogen (secondary N) is 2. The smallest absolute Gasteiger partial charge is 0.222 e. The molecule has 0 aromatic carbocycles. The maximum absolute atomic E-state index is 11.2. The van der Waals surface area contributed by atoms with Gasteiger partial charge in [0.1, 0.15) is 0 Å². The first-order valence-electron chi connectivity index (χ1n) is 5.31. The predicted octanol–water partition coefficient (Wildman–Crippen LogP) is 2.26. The zero-order valence-electron chi connectivity index (χ0n) is 9.55. The van der Waals surface area contributed by atoms with E-state index in [-0.39, 0.29) is 11.8 Å². The summed E-state index contributed by atoms with van der Waals surface area (Å²) < 4.78 is 0. The molecule has 0 saturated carbocycles. The summed E-state index contributed by atoms with van der Waals surface area (Å²) >= 11 is 7.44. The van der Waals surface area contributed by atoms with E-state index in [4.69, 9.17) is 11.6 Å². The van der Waals surface area contributed by atoms with Crippen LogP contribution in [0.25, 0.3) is 0 Å². The molecule has 0 bridgehead atoms. The monoisotopic (exact) mass is 260 g/mol. The zero-order chi connectivity index (χ0) is 12.0. The molecule has 1 rings (SSSR count). The van der Waals surface area contributed by atoms with Gasteiger partial charge < -0.3 is 10.6 Å². The number of rotatable bonds is 6. The van der Waals surface area contributed by atoms with Crippen LogP contribution in [0, 0.1) is 5.92 Å². The van der Waals surface area contributed by atoms with Gasteiger partial charge in [0.15, 0.2) is 0 Å². The Morgan fingerprint density at radius 3 is 2.81 bits per heavy atom. The second-order valence-electron chi connectivity index (χ2n) is 3.85. The molecular weight excluding hydrogens is 244 g/mol. The first-order valence-corrected chi connectivity index (χ1v) is 6.56. The predicted molar refractivity (Wildman–Crippen MR) is 68.9 cm³/mol. The molecule has 90 valence electrons. The van der Waals surface area contributed by atoms with E-state index in [1.807, 2.05) is 25.3 Å². The first-order chi connectivity index (χ1) is 7.59. The third-order valence-electron chi connectivity index (χ3n) is 2.05. The average molecular weight is 261 g/mol. The molecule has 5 heteroatoms. The molecule has 0 aliphatic heterocycles. The molecule has 1 aromatic heterocycles. The molecule has 0 aliphatic carbocycles. The van der Waals surface area contributed by atoms with Gasteiger partial charge in [0.2, 0.25) is 5.91 Å². The summed E-state index contributed by atoms with van der Waals surface area (Å²) in [5, 5.41) is 8.80. The Morgan fingerprint density at radius 1 is 1.50 bits per heavy atom. The lowest BCUT2D eigenvalue weighted by molar-refractivity contribution is -0.123. The summed E-state index contributed by atoms with van der Waals surface area (Å²) in [5.74, 6) is 0.150. The number of halogens is 1. The van der Waals surface area contributed by atoms with Crippen molar-refractivity contribution in [1.29, 1.82) is 0 Å². The van der Waals surface area contributed by atoms with Crippen molar-refractivity contribution in [3.05, 3.63) is 21.3 Å². The summed E-state index contributed by atoms with van der Waals surface area (Å²) in [4.78, 5) is 12.4. The maximum Gasteiger partial charge on any atom is 0.222 e. The normalized spacial score (nSPS) is 10.8. The Hall–Kier alpha value is -0.580. The van der Waals surface area contributed by atoms with Crippen molar-refractivity contribution >= 4 is 28.8 Å². The van der Waals surface area contributed by atoms with E-state index in [0.29, 0.717) is 6.54 Å². The van der Waals surface area contributed by atoms with Gasteiger partial charge in [-0.25, -0.2) is 0 Å². The van der Waals surface area contributed by atoms with Crippen LogP contribution in [-0.4, -0.2) is 19.0 Å². The fourth-order valence-electron chi connectivity index (χ4n) is 1.14. The molecular formula is C11H17ClN2OS. The quantitative estimate of drug-likeness (QED) is 0.771. The highest BCUT2D eigenvalue weighted by Crippen LogP contribution is 2.18. The van der Waals surface area contributed by atoms with Gasteiger partial charge in [0.05, 0.1) is 5.02 Å². The van der Waals surface area contributed by atoms with Crippen LogP contribution in [-0.2, 0) is 11.3 Å². The van der Waals surface area contributed by atoms with E-state index in [1.54, 1.807) is 11.3 Å². The van der Waals surface area contributed by atoms with Crippen molar-refractivity contribution < 1.29 is 4.79 Å². The van der Waals surface area contributed by atoms with Crippen LogP contribution < -0.4 is 10.6 Å². The molecule has 0 atom stereocenters. The molecule has 1 amide bonds. The molecule has 3 nitrogen and oxygen atoms in total. The summed E-state index contributed by atoms with van der Waals surface area (Å²) in [6, 6.07) is 1.95. The Bertz CT molecular complexity index is 338. The second kappa shape index (κ2) is 6.89. The van der Waals surface area contributed by atoms with E-state index in [9.17, 15) is 4.79 Å². The summed E-state index contributed by atoms with van der Waals surface area (Å²) in [6.45, 7) is 6.01. The van der Waals surface area contributed by atoms with Crippen LogP contribution in [0.15, 0.2) is 11.4 Å². The van der Waals surface area contributed by atoms with Crippen LogP contribution >= 0.6 is 22.9 Å². The molecule has 1 aromatic rings. The van der Waals surface area contributed by atoms with Gasteiger partial charge in [0.25, 0.3) is 0 Å². The maximum atomic E-state index is 11.2. The number of amides is 1. The van der Waals surface area contributed by atoms with Crippen molar-refractivity contribution in [3.63, 3.8) is 0 Å². The van der Waals surface area contributed by atoms with Crippen molar-refractivity contribution in [2.24, 2.45) is 5.92 Å². The van der Waals surface area contributed by atoms with Gasteiger partial charge in [0, 0.05) is 35.8 Å². The van der Waals surface area contributed by atoms with Crippen LogP contribution in [0.3, 0.4) is 0 Å². The van der Waals surface area contributed by atoms with Gasteiger partial charge in [-0.05, 0) is 6.07 Å². The molecule has 0 saturated heterocycles. The topological polar surface area (TPSA) is 41.1 Å². The van der Waals surface area contributed by atoms with E-state index in [0.717, 1.165) is 18.1 Å². The highest BCUT2D eigenvalue weighted by molar-refractivity contribution is 7.10. The van der Waals surface area contributed by atoms with Crippen molar-refractivity contribution in [2.75, 3.05) is 13.1 Å². The SMILES string of the molecule is CC(C)C(=O)NCCNCc1cc(Cl)cs1. The third-order valence-corrected chi connectivity index (χ3v) is 3.33. The molecule has 0 radical (unpaired) electrons. The van der Waals surface area contributed by atoms with E-state index in [2.05, 4.69) is 10.6 Å². The lowest BCUT2D eigenvalue weighted by atomic mass is 10.2. The molecule has 1 heterocycles. The minimum Gasteiger partial charge on any atom is -0.355 e. The lowest BCUT2D eigenvalue weighted by Crippen LogP contribution is -2.33. The summed E-state index contributed by atoms with van der Waals surface area (Å²) in [7, 11) is 0. The number of thiophene rings is 1. The summed E-state index contributed by atoms with van der Waals surface area (Å²) in [5.41, 5.74) is 0. The van der Waals surface area contributed by atoms with Crippen LogP contribution in [0.2, 0.25) is 5.02 Å². The Labute approximate surface area is 105 Å². The fourth-order valence-corrected chi connectivity index (χ4v) is 2.18. The number of carbonyl (C=O) groups is 1. The van der Waals surface area contributed by atoms with E-state index in [1.165, 1.54) is 4.88 Å². The molecule has 16 heavy (non-hydrogen) atoms. The number of carbonyl (C=O) groups excluding carboxylic acids is 1. The third kappa shape index (κ3) is 4.96. The summed E-state index contributed by atoms with van der Waals surface area (Å²) in [6.07, 6.45) is 0. The lowest BCUT2D eigenvalue weighted by Gasteiger charge is -2.07. The van der Waals surface area contributed by atoms with Crippen molar-refractivity contribution in [2.45, 2.75) is 20.4 Å². The zero-order valence-corrected chi connectivity index (χ0v) is 11.1. The van der Waals surface area contributed by atoms with Crippen LogP contribution in [0.1, 0.15) is 18.7 Å². The number of hydrogen-bond acceptors (Lipinski definition) is 3. The standard InChI is InChI=1S/C11H17ClN2OS/c1-8(2)11(15)14-4-3-13-6-10-5-9(12)7-16-10/h5,7-8,13H,3-4,6H2,1-2H3,(H,14,15). The fraction of sp³-hybridized carbons (Fsp3) is 0.545. The molecule has 0 spiro atoms. The second-order valence-corrected chi connectivity index (χ2v) is 5.29. The van der Waals surface area contributed by atoms with Crippen molar-refractivity contribution in [3.8, 4) is 0 Å². The van der Waals surface area contributed by atoms with Gasteiger partial charge in [-0.3, -0.25) is 4.79 Å². The van der Waals surface area contributed by atoms with Crippen molar-refractivity contribution in [1.82, 2.24) is 10.6 Å². The minimum atomic E-state index is 0.0519.